The normalized spacial score (nSPS) is 18.4. The fourth-order valence-corrected chi connectivity index (χ4v) is 7.28. The van der Waals surface area contributed by atoms with Crippen LogP contribution in [-0.4, -0.2) is 80.7 Å². The van der Waals surface area contributed by atoms with Crippen molar-refractivity contribution in [2.75, 3.05) is 19.5 Å². The van der Waals surface area contributed by atoms with Gasteiger partial charge in [-0.25, -0.2) is 14.6 Å². The summed E-state index contributed by atoms with van der Waals surface area (Å²) in [6, 6.07) is 16.5. The number of esters is 2. The van der Waals surface area contributed by atoms with Crippen LogP contribution in [0, 0.1) is 0 Å². The first kappa shape index (κ1) is 37.4. The van der Waals surface area contributed by atoms with E-state index in [1.165, 1.54) is 34.7 Å². The van der Waals surface area contributed by atoms with Gasteiger partial charge in [0.2, 0.25) is 10.0 Å². The summed E-state index contributed by atoms with van der Waals surface area (Å²) in [7, 11) is 1.38. The van der Waals surface area contributed by atoms with Crippen LogP contribution in [-0.2, 0) is 38.1 Å². The van der Waals surface area contributed by atoms with Crippen LogP contribution in [0.4, 0.5) is 4.79 Å². The van der Waals surface area contributed by atoms with Gasteiger partial charge >= 0.3 is 18.0 Å². The third-order valence-electron chi connectivity index (χ3n) is 7.34. The average molecular weight is 784 g/mol. The van der Waals surface area contributed by atoms with Crippen molar-refractivity contribution in [1.82, 2.24) is 20.5 Å². The maximum Gasteiger partial charge on any atom is 0.408 e. The molecule has 0 radical (unpaired) electrons. The molecule has 2 aliphatic rings. The number of alkyl carbamates (subject to hydrolysis) is 1. The van der Waals surface area contributed by atoms with Crippen molar-refractivity contribution >= 4 is 87.7 Å². The van der Waals surface area contributed by atoms with Gasteiger partial charge in [-0.15, -0.1) is 23.1 Å². The van der Waals surface area contributed by atoms with Crippen molar-refractivity contribution in [2.24, 2.45) is 0 Å². The fraction of sp³-hybridized carbons (Fsp3) is 0.312. The zero-order valence-corrected chi connectivity index (χ0v) is 30.1. The number of thioether (sulfide) groups is 1. The molecule has 50 heavy (non-hydrogen) atoms. The lowest BCUT2D eigenvalue weighted by atomic mass is 10.0. The number of nitrogens with one attached hydrogen (secondary N) is 2. The summed E-state index contributed by atoms with van der Waals surface area (Å²) in [5, 5.41) is 5.83. The van der Waals surface area contributed by atoms with E-state index in [0.29, 0.717) is 11.1 Å². The molecule has 1 fully saturated rings. The lowest BCUT2D eigenvalue weighted by Gasteiger charge is -2.49. The second-order valence-electron chi connectivity index (χ2n) is 10.7. The SMILES string of the molecule is CO[C@H]1C(=O)N2C(C(=O)OC(c3ccccc3)c3ccccc3)=C(C(NC(=O)C(NC(=O)OCC(Cl)(Cl)Cl)c3cscn3)OC(C)=O)CS[C@H]12. The second-order valence-corrected chi connectivity index (χ2v) is 15.1. The van der Waals surface area contributed by atoms with Crippen LogP contribution < -0.4 is 10.6 Å². The molecule has 2 aromatic carbocycles. The number of rotatable bonds is 12. The summed E-state index contributed by atoms with van der Waals surface area (Å²) < 4.78 is 20.0. The number of methoxy groups -OCH3 is 1. The third kappa shape index (κ3) is 8.89. The Morgan fingerprint density at radius 2 is 1.64 bits per heavy atom. The predicted molar refractivity (Wildman–Crippen MR) is 185 cm³/mol. The number of carbonyl (C=O) groups is 5. The van der Waals surface area contributed by atoms with Gasteiger partial charge in [-0.2, -0.15) is 0 Å². The summed E-state index contributed by atoms with van der Waals surface area (Å²) >= 11 is 19.4. The maximum absolute atomic E-state index is 14.3. The molecule has 5 rings (SSSR count). The molecular weight excluding hydrogens is 755 g/mol. The lowest BCUT2D eigenvalue weighted by Crippen LogP contribution is -2.66. The van der Waals surface area contributed by atoms with Crippen molar-refractivity contribution in [3.8, 4) is 0 Å². The van der Waals surface area contributed by atoms with E-state index in [4.69, 9.17) is 53.8 Å². The van der Waals surface area contributed by atoms with Crippen molar-refractivity contribution in [2.45, 2.75) is 40.6 Å². The van der Waals surface area contributed by atoms with Crippen LogP contribution in [0.3, 0.4) is 0 Å². The van der Waals surface area contributed by atoms with Crippen molar-refractivity contribution < 1.29 is 42.9 Å². The van der Waals surface area contributed by atoms with Gasteiger partial charge in [0, 0.05) is 30.7 Å². The first-order valence-corrected chi connectivity index (χ1v) is 17.9. The highest BCUT2D eigenvalue weighted by Gasteiger charge is 2.55. The first-order chi connectivity index (χ1) is 23.9. The predicted octanol–water partition coefficient (Wildman–Crippen LogP) is 4.80. The minimum Gasteiger partial charge on any atom is -0.448 e. The van der Waals surface area contributed by atoms with Gasteiger partial charge in [0.05, 0.1) is 11.2 Å². The first-order valence-electron chi connectivity index (χ1n) is 14.7. The van der Waals surface area contributed by atoms with E-state index in [0.717, 1.165) is 18.3 Å². The number of hydrogen-bond donors (Lipinski definition) is 2. The van der Waals surface area contributed by atoms with E-state index in [1.54, 1.807) is 48.5 Å². The molecule has 3 heterocycles. The number of fused-ring (bicyclic) bond motifs is 1. The molecule has 2 unspecified atom stereocenters. The number of hydrogen-bond acceptors (Lipinski definition) is 12. The van der Waals surface area contributed by atoms with Crippen LogP contribution in [0.15, 0.2) is 82.8 Å². The molecule has 0 saturated carbocycles. The van der Waals surface area contributed by atoms with Gasteiger partial charge in [-0.05, 0) is 11.1 Å². The van der Waals surface area contributed by atoms with Crippen LogP contribution in [0.2, 0.25) is 0 Å². The Labute approximate surface area is 309 Å². The molecule has 0 spiro atoms. The molecule has 0 aliphatic carbocycles. The number of thiazole rings is 1. The smallest absolute Gasteiger partial charge is 0.408 e. The molecule has 18 heteroatoms. The minimum absolute atomic E-state index is 0.0123. The standard InChI is InChI=1S/C32H29Cl3N4O9S2/c1-17(40)47-27(38-26(41)22(21-14-49-16-36-21)37-31(44)46-15-32(33,34)35)20-13-50-29-25(45-2)28(42)39(29)23(20)30(43)48-24(18-9-5-3-6-10-18)19-11-7-4-8-12-19/h3-12,14,16,22,24-25,27,29H,13,15H2,1-2H3,(H,37,44)(H,38,41)/t22?,25-,27?,29+/m0/s1. The Morgan fingerprint density at radius 1 is 1.00 bits per heavy atom. The summed E-state index contributed by atoms with van der Waals surface area (Å²) in [6.07, 6.45) is -4.45. The average Bonchev–Trinajstić information content (AvgIpc) is 3.63. The monoisotopic (exact) mass is 782 g/mol. The Balaban J connectivity index is 1.51. The quantitative estimate of drug-likeness (QED) is 0.0854. The highest BCUT2D eigenvalue weighted by Crippen LogP contribution is 2.43. The van der Waals surface area contributed by atoms with Crippen LogP contribution in [0.1, 0.15) is 35.9 Å². The van der Waals surface area contributed by atoms with E-state index in [-0.39, 0.29) is 22.7 Å². The van der Waals surface area contributed by atoms with Crippen LogP contribution in [0.25, 0.3) is 0 Å². The van der Waals surface area contributed by atoms with Crippen molar-refractivity contribution in [3.63, 3.8) is 0 Å². The number of aromatic nitrogens is 1. The van der Waals surface area contributed by atoms with Gasteiger partial charge in [-0.1, -0.05) is 95.5 Å². The Bertz CT molecular complexity index is 1700. The zero-order chi connectivity index (χ0) is 36.0. The molecule has 2 N–H and O–H groups in total. The van der Waals surface area contributed by atoms with E-state index < -0.39 is 70.1 Å². The highest BCUT2D eigenvalue weighted by atomic mass is 35.6. The number of ether oxygens (including phenoxy) is 4. The molecule has 4 atom stereocenters. The van der Waals surface area contributed by atoms with Gasteiger partial charge in [-0.3, -0.25) is 19.3 Å². The van der Waals surface area contributed by atoms with E-state index in [9.17, 15) is 24.0 Å². The zero-order valence-electron chi connectivity index (χ0n) is 26.2. The molecule has 3 amide bonds. The van der Waals surface area contributed by atoms with Crippen molar-refractivity contribution in [1.29, 1.82) is 0 Å². The second kappa shape index (κ2) is 16.4. The Kier molecular flexibility index (Phi) is 12.3. The number of halogens is 3. The van der Waals surface area contributed by atoms with Crippen molar-refractivity contribution in [3.05, 3.63) is 99.6 Å². The number of amides is 3. The van der Waals surface area contributed by atoms with Crippen LogP contribution >= 0.6 is 57.9 Å². The molecule has 2 aliphatic heterocycles. The minimum atomic E-state index is -1.92. The molecule has 3 aromatic rings. The molecule has 264 valence electrons. The van der Waals surface area contributed by atoms with Gasteiger partial charge in [0.15, 0.2) is 18.2 Å². The van der Waals surface area contributed by atoms with E-state index in [1.807, 2.05) is 12.1 Å². The Hall–Kier alpha value is -3.86. The summed E-state index contributed by atoms with van der Waals surface area (Å²) in [4.78, 5) is 71.8. The summed E-state index contributed by atoms with van der Waals surface area (Å²) in [6.45, 7) is 0.484. The van der Waals surface area contributed by atoms with Gasteiger partial charge < -0.3 is 29.6 Å². The van der Waals surface area contributed by atoms with E-state index >= 15 is 0 Å². The highest BCUT2D eigenvalue weighted by molar-refractivity contribution is 8.00. The third-order valence-corrected chi connectivity index (χ3v) is 9.55. The number of β-lactam (4-membered cyclic amide) rings is 1. The largest absolute Gasteiger partial charge is 0.448 e. The van der Waals surface area contributed by atoms with Gasteiger partial charge in [0.25, 0.3) is 11.8 Å². The molecular formula is C32H29Cl3N4O9S2. The number of benzene rings is 2. The van der Waals surface area contributed by atoms with Gasteiger partial charge in [0.1, 0.15) is 17.7 Å². The summed E-state index contributed by atoms with van der Waals surface area (Å²) in [5.41, 5.74) is 2.68. The van der Waals surface area contributed by atoms with E-state index in [2.05, 4.69) is 15.6 Å². The number of carbonyl (C=O) groups excluding carboxylic acids is 5. The maximum atomic E-state index is 14.3. The molecule has 0 bridgehead atoms. The number of nitrogens with zero attached hydrogens (tertiary/aromatic N) is 2. The molecule has 1 saturated heterocycles. The molecule has 1 aromatic heterocycles. The lowest BCUT2D eigenvalue weighted by molar-refractivity contribution is -0.164. The van der Waals surface area contributed by atoms with Crippen LogP contribution in [0.5, 0.6) is 0 Å². The fourth-order valence-electron chi connectivity index (χ4n) is 5.14. The molecule has 13 nitrogen and oxygen atoms in total. The Morgan fingerprint density at radius 3 is 2.18 bits per heavy atom. The topological polar surface area (TPSA) is 162 Å². The summed E-state index contributed by atoms with van der Waals surface area (Å²) in [5.74, 6) is -3.16. The number of alkyl halides is 3.